The Hall–Kier alpha value is -3.96. The lowest BCUT2D eigenvalue weighted by Crippen LogP contribution is -2.40. The maximum Gasteiger partial charge on any atom is 0.416 e. The van der Waals surface area contributed by atoms with E-state index >= 15 is 0 Å². The van der Waals surface area contributed by atoms with Crippen LogP contribution in [0.1, 0.15) is 66.1 Å². The van der Waals surface area contributed by atoms with Crippen molar-refractivity contribution in [3.05, 3.63) is 116 Å². The van der Waals surface area contributed by atoms with E-state index in [0.29, 0.717) is 36.1 Å². The molecule has 5 rings (SSSR count). The molecule has 11 heteroatoms. The molecule has 48 heavy (non-hydrogen) atoms. The molecule has 0 fully saturated rings. The molecule has 0 unspecified atom stereocenters. The molecule has 0 N–H and O–H groups in total. The van der Waals surface area contributed by atoms with E-state index in [1.807, 2.05) is 0 Å². The zero-order valence-corrected chi connectivity index (χ0v) is 27.4. The van der Waals surface area contributed by atoms with Crippen LogP contribution in [0.15, 0.2) is 76.6 Å². The molecule has 3 aromatic carbocycles. The van der Waals surface area contributed by atoms with Crippen LogP contribution in [0.25, 0.3) is 11.1 Å². The fraction of sp³-hybridized carbons (Fsp3) is 0.378. The highest BCUT2D eigenvalue weighted by molar-refractivity contribution is 7.98. The van der Waals surface area contributed by atoms with E-state index < -0.39 is 78.7 Å². The number of hydrogen-bond acceptors (Lipinski definition) is 5. The van der Waals surface area contributed by atoms with Gasteiger partial charge in [-0.25, -0.2) is 4.39 Å². The molecule has 1 aliphatic carbocycles. The molecular formula is C37H40F4N4O2S. The van der Waals surface area contributed by atoms with Crippen LogP contribution < -0.4 is 5.56 Å². The summed E-state index contributed by atoms with van der Waals surface area (Å²) < 4.78 is 137. The van der Waals surface area contributed by atoms with Gasteiger partial charge in [0.2, 0.25) is 5.91 Å². The first-order chi connectivity index (χ1) is 26.5. The predicted octanol–water partition coefficient (Wildman–Crippen LogP) is 7.53. The van der Waals surface area contributed by atoms with E-state index in [4.69, 9.17) is 6.85 Å². The number of hydrogen-bond donors (Lipinski definition) is 0. The summed E-state index contributed by atoms with van der Waals surface area (Å²) in [7, 11) is 0. The number of thioether (sulfide) groups is 1. The molecule has 0 saturated heterocycles. The summed E-state index contributed by atoms with van der Waals surface area (Å²) in [5.41, 5.74) is -1.67. The minimum Gasteiger partial charge on any atom is -0.336 e. The lowest BCUT2D eigenvalue weighted by Gasteiger charge is -2.28. The number of nitrogens with zero attached hydrogens (tertiary/aromatic N) is 4. The Bertz CT molecular complexity index is 2190. The van der Waals surface area contributed by atoms with Crippen molar-refractivity contribution in [3.8, 4) is 11.1 Å². The van der Waals surface area contributed by atoms with Crippen LogP contribution in [0, 0.1) is 12.7 Å². The van der Waals surface area contributed by atoms with E-state index in [0.717, 1.165) is 40.9 Å². The molecule has 1 amide bonds. The van der Waals surface area contributed by atoms with Gasteiger partial charge in [-0.3, -0.25) is 9.59 Å². The molecule has 0 aliphatic heterocycles. The van der Waals surface area contributed by atoms with Gasteiger partial charge in [0.15, 0.2) is 5.16 Å². The number of likely N-dealkylation sites (N-methyl/N-ethyl adjacent to an activating group) is 1. The summed E-state index contributed by atoms with van der Waals surface area (Å²) in [6.07, 6.45) is -3.51. The summed E-state index contributed by atoms with van der Waals surface area (Å²) in [5.74, 6) is -1.63. The Morgan fingerprint density at radius 2 is 1.73 bits per heavy atom. The van der Waals surface area contributed by atoms with Crippen molar-refractivity contribution in [2.75, 3.05) is 26.1 Å². The van der Waals surface area contributed by atoms with Crippen molar-refractivity contribution in [1.82, 2.24) is 19.4 Å². The van der Waals surface area contributed by atoms with Crippen molar-refractivity contribution in [2.24, 2.45) is 0 Å². The van der Waals surface area contributed by atoms with Gasteiger partial charge in [0.1, 0.15) is 12.4 Å². The minimum atomic E-state index is -4.68. The average molecular weight is 690 g/mol. The third-order valence-electron chi connectivity index (χ3n) is 7.83. The average Bonchev–Trinajstić information content (AvgIpc) is 3.63. The van der Waals surface area contributed by atoms with Crippen LogP contribution in [-0.2, 0) is 42.6 Å². The molecular weight excluding hydrogens is 640 g/mol. The van der Waals surface area contributed by atoms with Crippen LogP contribution in [0.4, 0.5) is 17.6 Å². The van der Waals surface area contributed by atoms with E-state index in [9.17, 15) is 32.6 Å². The van der Waals surface area contributed by atoms with Crippen molar-refractivity contribution in [2.45, 2.75) is 70.2 Å². The monoisotopic (exact) mass is 689 g/mol. The lowest BCUT2D eigenvalue weighted by atomic mass is 9.98. The Morgan fingerprint density at radius 1 is 1.02 bits per heavy atom. The number of aromatic nitrogens is 2. The number of halogens is 4. The zero-order chi connectivity index (χ0) is 42.4. The first kappa shape index (κ1) is 25.1. The normalized spacial score (nSPS) is 16.5. The van der Waals surface area contributed by atoms with E-state index in [1.165, 1.54) is 35.8 Å². The second-order valence-electron chi connectivity index (χ2n) is 11.0. The highest BCUT2D eigenvalue weighted by atomic mass is 32.2. The second-order valence-corrected chi connectivity index (χ2v) is 12.0. The molecule has 1 heterocycles. The summed E-state index contributed by atoms with van der Waals surface area (Å²) in [5, 5.41) is 0.0197. The van der Waals surface area contributed by atoms with E-state index in [2.05, 4.69) is 4.98 Å². The number of fused-ring (bicyclic) bond motifs is 1. The Morgan fingerprint density at radius 3 is 2.40 bits per heavy atom. The first-order valence-electron chi connectivity index (χ1n) is 19.9. The quantitative estimate of drug-likeness (QED) is 0.0826. The predicted molar refractivity (Wildman–Crippen MR) is 181 cm³/mol. The molecule has 6 nitrogen and oxygen atoms in total. The summed E-state index contributed by atoms with van der Waals surface area (Å²) in [6.45, 7) is -6.72. The van der Waals surface area contributed by atoms with Crippen molar-refractivity contribution < 1.29 is 34.7 Å². The van der Waals surface area contributed by atoms with Gasteiger partial charge in [0.25, 0.3) is 5.56 Å². The third-order valence-corrected chi connectivity index (χ3v) is 8.88. The molecule has 0 radical (unpaired) electrons. The number of rotatable bonds is 13. The number of carbonyl (C=O) groups is 1. The largest absolute Gasteiger partial charge is 0.416 e. The van der Waals surface area contributed by atoms with Gasteiger partial charge in [0.05, 0.1) is 15.2 Å². The summed E-state index contributed by atoms with van der Waals surface area (Å²) >= 11 is 1.03. The zero-order valence-electron chi connectivity index (χ0n) is 35.6. The Balaban J connectivity index is 1.68. The van der Waals surface area contributed by atoms with Crippen LogP contribution >= 0.6 is 11.8 Å². The molecule has 0 atom stereocenters. The molecule has 1 aromatic heterocycles. The van der Waals surface area contributed by atoms with Crippen LogP contribution in [0.3, 0.4) is 0 Å². The number of benzene rings is 3. The van der Waals surface area contributed by atoms with Crippen LogP contribution in [0.2, 0.25) is 0 Å². The van der Waals surface area contributed by atoms with Gasteiger partial charge in [-0.05, 0) is 91.4 Å². The maximum atomic E-state index is 14.8. The number of amides is 1. The van der Waals surface area contributed by atoms with Crippen LogP contribution in [0.5, 0.6) is 0 Å². The smallest absolute Gasteiger partial charge is 0.336 e. The fourth-order valence-corrected chi connectivity index (χ4v) is 6.11. The Labute approximate surface area is 295 Å². The van der Waals surface area contributed by atoms with Crippen LogP contribution in [-0.4, -0.2) is 51.3 Å². The Kier molecular flexibility index (Phi) is 8.10. The van der Waals surface area contributed by atoms with Crippen molar-refractivity contribution in [3.63, 3.8) is 0 Å². The molecule has 1 aliphatic rings. The number of carbonyl (C=O) groups excluding carboxylic acids is 1. The molecule has 254 valence electrons. The highest BCUT2D eigenvalue weighted by Gasteiger charge is 2.30. The number of alkyl halides is 3. The van der Waals surface area contributed by atoms with Crippen molar-refractivity contribution in [1.29, 1.82) is 0 Å². The highest BCUT2D eigenvalue weighted by Crippen LogP contribution is 2.32. The molecule has 0 saturated carbocycles. The molecule has 4 aromatic rings. The van der Waals surface area contributed by atoms with Gasteiger partial charge >= 0.3 is 6.18 Å². The molecule has 0 bridgehead atoms. The van der Waals surface area contributed by atoms with Gasteiger partial charge in [-0.15, -0.1) is 0 Å². The SMILES string of the molecule is [2H]c1c([2H])c(C([2H])([2H])N(C(=O)Cn2c(SCc3ccc(F)cc3)nc(=O)c3c2CCC3)C([2H])([2H])C([2H])([2H])N(CC)CC)c(C)c([2H])c1-c1ccc(C(F)(F)F)cc1. The molecule has 0 spiro atoms. The van der Waals surface area contributed by atoms with E-state index in [1.54, 1.807) is 13.8 Å². The topological polar surface area (TPSA) is 58.4 Å². The standard InChI is InChI=1S/C37H40F4N4O2S/c1-4-43(5-2)19-20-44(22-29-12-11-28(21-25(29)3)27-13-15-30(16-14-27)37(39,40)41)34(46)23-45-33-8-6-7-32(33)35(47)42-36(45)48-24-26-9-17-31(38)18-10-26/h9-18,21H,4-8,19-20,22-24H2,1-3H3/i11D,12D,19D2,20D2,21D,22D2. The third kappa shape index (κ3) is 8.54. The first-order valence-corrected chi connectivity index (χ1v) is 16.4. The van der Waals surface area contributed by atoms with Gasteiger partial charge in [0, 0.05) is 39.2 Å². The lowest BCUT2D eigenvalue weighted by molar-refractivity contribution is -0.137. The maximum absolute atomic E-state index is 14.8. The van der Waals surface area contributed by atoms with Gasteiger partial charge in [-0.2, -0.15) is 18.2 Å². The van der Waals surface area contributed by atoms with Gasteiger partial charge in [-0.1, -0.05) is 68.0 Å². The second kappa shape index (κ2) is 15.5. The summed E-state index contributed by atoms with van der Waals surface area (Å²) in [6, 6.07) is 6.77. The minimum absolute atomic E-state index is 0.0197. The fourth-order valence-electron chi connectivity index (χ4n) is 5.14. The van der Waals surface area contributed by atoms with Gasteiger partial charge < -0.3 is 14.4 Å². The van der Waals surface area contributed by atoms with E-state index in [-0.39, 0.29) is 45.6 Å². The van der Waals surface area contributed by atoms with Crippen molar-refractivity contribution >= 4 is 17.7 Å². The summed E-state index contributed by atoms with van der Waals surface area (Å²) in [4.78, 5) is 33.2.